The van der Waals surface area contributed by atoms with Crippen molar-refractivity contribution in [3.8, 4) is 17.0 Å². The third-order valence-corrected chi connectivity index (χ3v) is 4.65. The minimum Gasteiger partial charge on any atom is -0.497 e. The van der Waals surface area contributed by atoms with Crippen molar-refractivity contribution in [2.24, 2.45) is 0 Å². The first kappa shape index (κ1) is 19.7. The number of aromatic nitrogens is 4. The predicted molar refractivity (Wildman–Crippen MR) is 111 cm³/mol. The number of halogens is 2. The molecule has 1 amide bonds. The number of carbonyl (C=O) groups excluding carboxylic acids is 1. The number of H-pyrrole nitrogens is 1. The zero-order valence-corrected chi connectivity index (χ0v) is 16.7. The molecule has 0 radical (unpaired) electrons. The molecule has 0 aliphatic rings. The van der Waals surface area contributed by atoms with E-state index in [1.165, 1.54) is 16.8 Å². The van der Waals surface area contributed by atoms with E-state index in [0.717, 1.165) is 11.1 Å². The summed E-state index contributed by atoms with van der Waals surface area (Å²) in [7, 11) is 1.58. The van der Waals surface area contributed by atoms with Crippen LogP contribution in [-0.4, -0.2) is 33.0 Å². The number of nitrogens with zero attached hydrogens (tertiary/aromatic N) is 3. The number of aromatic amines is 1. The topological polar surface area (TPSA) is 84.8 Å². The molecule has 0 unspecified atom stereocenters. The Labute approximate surface area is 176 Å². The maximum absolute atomic E-state index is 13.4. The van der Waals surface area contributed by atoms with Gasteiger partial charge in [-0.3, -0.25) is 14.6 Å². The number of nitrogens with one attached hydrogen (secondary N) is 2. The first-order chi connectivity index (χ1) is 14.5. The third kappa shape index (κ3) is 4.33. The molecule has 2 N–H and O–H groups in total. The summed E-state index contributed by atoms with van der Waals surface area (Å²) in [6.07, 6.45) is 1.57. The van der Waals surface area contributed by atoms with Crippen LogP contribution in [-0.2, 0) is 6.54 Å². The number of benzene rings is 2. The smallest absolute Gasteiger partial charge is 0.274 e. The summed E-state index contributed by atoms with van der Waals surface area (Å²) in [5, 5.41) is 14.1. The molecule has 0 aliphatic heterocycles. The second-order valence-corrected chi connectivity index (χ2v) is 6.91. The molecule has 0 aliphatic carbocycles. The summed E-state index contributed by atoms with van der Waals surface area (Å²) >= 11 is 6.20. The summed E-state index contributed by atoms with van der Waals surface area (Å²) in [4.78, 5) is 12.6. The van der Waals surface area contributed by atoms with Gasteiger partial charge in [-0.05, 0) is 35.9 Å². The van der Waals surface area contributed by atoms with Crippen LogP contribution in [0.5, 0.6) is 5.75 Å². The van der Waals surface area contributed by atoms with Crippen molar-refractivity contribution >= 4 is 23.3 Å². The Bertz CT molecular complexity index is 1200. The Morgan fingerprint density at radius 3 is 2.87 bits per heavy atom. The number of rotatable bonds is 6. The second kappa shape index (κ2) is 8.38. The third-order valence-electron chi connectivity index (χ3n) is 4.37. The summed E-state index contributed by atoms with van der Waals surface area (Å²) in [5.41, 5.74) is 2.39. The molecule has 0 saturated carbocycles. The van der Waals surface area contributed by atoms with Crippen LogP contribution < -0.4 is 10.1 Å². The molecule has 7 nitrogen and oxygen atoms in total. The molecule has 30 heavy (non-hydrogen) atoms. The van der Waals surface area contributed by atoms with Crippen molar-refractivity contribution in [2.75, 3.05) is 12.4 Å². The maximum Gasteiger partial charge on any atom is 0.274 e. The molecule has 2 aromatic heterocycles. The van der Waals surface area contributed by atoms with Gasteiger partial charge >= 0.3 is 0 Å². The van der Waals surface area contributed by atoms with E-state index in [-0.39, 0.29) is 22.4 Å². The Hall–Kier alpha value is -3.65. The van der Waals surface area contributed by atoms with Gasteiger partial charge in [0.05, 0.1) is 19.3 Å². The molecule has 152 valence electrons. The van der Waals surface area contributed by atoms with Crippen LogP contribution in [0, 0.1) is 5.82 Å². The fourth-order valence-corrected chi connectivity index (χ4v) is 3.13. The molecule has 0 saturated heterocycles. The van der Waals surface area contributed by atoms with E-state index in [1.54, 1.807) is 31.5 Å². The van der Waals surface area contributed by atoms with Crippen molar-refractivity contribution in [3.63, 3.8) is 0 Å². The van der Waals surface area contributed by atoms with Crippen LogP contribution in [0.25, 0.3) is 11.3 Å². The zero-order chi connectivity index (χ0) is 21.1. The van der Waals surface area contributed by atoms with Crippen LogP contribution in [0.2, 0.25) is 5.02 Å². The molecule has 0 bridgehead atoms. The maximum atomic E-state index is 13.4. The molecular weight excluding hydrogens is 409 g/mol. The van der Waals surface area contributed by atoms with E-state index >= 15 is 0 Å². The van der Waals surface area contributed by atoms with Gasteiger partial charge in [0, 0.05) is 11.8 Å². The fraction of sp³-hybridized carbons (Fsp3) is 0.0952. The molecule has 2 aromatic carbocycles. The summed E-state index contributed by atoms with van der Waals surface area (Å²) < 4.78 is 20.1. The number of carbonyl (C=O) groups is 1. The normalized spacial score (nSPS) is 10.8. The lowest BCUT2D eigenvalue weighted by Gasteiger charge is -2.02. The van der Waals surface area contributed by atoms with E-state index < -0.39 is 5.91 Å². The lowest BCUT2D eigenvalue weighted by atomic mass is 10.1. The van der Waals surface area contributed by atoms with Crippen LogP contribution in [0.3, 0.4) is 0 Å². The highest BCUT2D eigenvalue weighted by Gasteiger charge is 2.16. The number of amides is 1. The molecular formula is C21H17ClFN5O2. The number of anilines is 1. The van der Waals surface area contributed by atoms with Crippen LogP contribution in [0.4, 0.5) is 10.2 Å². The lowest BCUT2D eigenvalue weighted by molar-refractivity contribution is 0.102. The van der Waals surface area contributed by atoms with Crippen molar-refractivity contribution in [2.45, 2.75) is 6.54 Å². The Morgan fingerprint density at radius 1 is 1.23 bits per heavy atom. The Kier molecular flexibility index (Phi) is 5.49. The van der Waals surface area contributed by atoms with E-state index in [1.807, 2.05) is 24.3 Å². The highest BCUT2D eigenvalue weighted by molar-refractivity contribution is 6.33. The summed E-state index contributed by atoms with van der Waals surface area (Å²) in [6.45, 7) is 0.317. The van der Waals surface area contributed by atoms with Gasteiger partial charge in [-0.2, -0.15) is 10.2 Å². The zero-order valence-electron chi connectivity index (χ0n) is 15.9. The van der Waals surface area contributed by atoms with Gasteiger partial charge in [-0.25, -0.2) is 4.39 Å². The van der Waals surface area contributed by atoms with Crippen molar-refractivity contribution in [3.05, 3.63) is 82.9 Å². The number of hydrogen-bond acceptors (Lipinski definition) is 4. The van der Waals surface area contributed by atoms with Crippen LogP contribution in [0.1, 0.15) is 16.1 Å². The molecule has 4 aromatic rings. The van der Waals surface area contributed by atoms with Gasteiger partial charge in [-0.15, -0.1) is 0 Å². The average molecular weight is 426 g/mol. The Balaban J connectivity index is 1.48. The summed E-state index contributed by atoms with van der Waals surface area (Å²) in [5.74, 6) is 0.132. The van der Waals surface area contributed by atoms with Gasteiger partial charge in [0.25, 0.3) is 5.91 Å². The Morgan fingerprint density at radius 2 is 2.07 bits per heavy atom. The van der Waals surface area contributed by atoms with Crippen molar-refractivity contribution in [1.29, 1.82) is 0 Å². The largest absolute Gasteiger partial charge is 0.497 e. The quantitative estimate of drug-likeness (QED) is 0.480. The standard InChI is InChI=1S/C21H17ClFN5O2/c1-30-16-7-3-5-14(9-16)18-10-19(26-25-18)21(29)24-20-17(22)12-28(27-20)11-13-4-2-6-15(23)8-13/h2-10,12H,11H2,1H3,(H,25,26)(H,24,27,29). The highest BCUT2D eigenvalue weighted by Crippen LogP contribution is 2.24. The minimum absolute atomic E-state index is 0.204. The van der Waals surface area contributed by atoms with E-state index in [0.29, 0.717) is 18.0 Å². The number of methoxy groups -OCH3 is 1. The molecule has 9 heteroatoms. The van der Waals surface area contributed by atoms with Crippen LogP contribution in [0.15, 0.2) is 60.8 Å². The molecule has 4 rings (SSSR count). The molecule has 0 atom stereocenters. The average Bonchev–Trinajstić information content (AvgIpc) is 3.35. The van der Waals surface area contributed by atoms with Crippen molar-refractivity contribution in [1.82, 2.24) is 20.0 Å². The molecule has 0 spiro atoms. The monoisotopic (exact) mass is 425 g/mol. The van der Waals surface area contributed by atoms with Gasteiger partial charge in [-0.1, -0.05) is 35.9 Å². The molecule has 0 fully saturated rings. The first-order valence-electron chi connectivity index (χ1n) is 9.00. The predicted octanol–water partition coefficient (Wildman–Crippen LogP) is 4.37. The summed E-state index contributed by atoms with van der Waals surface area (Å²) in [6, 6.07) is 15.2. The fourth-order valence-electron chi connectivity index (χ4n) is 2.93. The van der Waals surface area contributed by atoms with Crippen molar-refractivity contribution < 1.29 is 13.9 Å². The van der Waals surface area contributed by atoms with Gasteiger partial charge < -0.3 is 10.1 Å². The van der Waals surface area contributed by atoms with Gasteiger partial charge in [0.1, 0.15) is 22.3 Å². The van der Waals surface area contributed by atoms with E-state index in [2.05, 4.69) is 20.6 Å². The lowest BCUT2D eigenvalue weighted by Crippen LogP contribution is -2.13. The number of ether oxygens (including phenoxy) is 1. The highest BCUT2D eigenvalue weighted by atomic mass is 35.5. The van der Waals surface area contributed by atoms with Gasteiger partial charge in [0.2, 0.25) is 0 Å². The van der Waals surface area contributed by atoms with E-state index in [9.17, 15) is 9.18 Å². The minimum atomic E-state index is -0.436. The van der Waals surface area contributed by atoms with Gasteiger partial charge in [0.15, 0.2) is 5.82 Å². The van der Waals surface area contributed by atoms with E-state index in [4.69, 9.17) is 16.3 Å². The first-order valence-corrected chi connectivity index (χ1v) is 9.38. The molecule has 2 heterocycles. The second-order valence-electron chi connectivity index (χ2n) is 6.51. The SMILES string of the molecule is COc1cccc(-c2cc(C(=O)Nc3nn(Cc4cccc(F)c4)cc3Cl)[nH]n2)c1. The number of hydrogen-bond donors (Lipinski definition) is 2. The van der Waals surface area contributed by atoms with Crippen LogP contribution >= 0.6 is 11.6 Å².